The first-order chi connectivity index (χ1) is 12.7. The minimum absolute atomic E-state index is 0. The highest BCUT2D eigenvalue weighted by atomic mass is 35.5. The lowest BCUT2D eigenvalue weighted by atomic mass is 10.1. The Balaban J connectivity index is 0.00000210. The van der Waals surface area contributed by atoms with Crippen LogP contribution in [0.15, 0.2) is 22.7 Å². The van der Waals surface area contributed by atoms with Crippen molar-refractivity contribution in [1.29, 1.82) is 0 Å². The number of carbonyl (C=O) groups excluding carboxylic acids is 1. The number of carbonyl (C=O) groups is 1. The molecule has 142 valence electrons. The van der Waals surface area contributed by atoms with E-state index in [0.717, 1.165) is 35.3 Å². The Bertz CT molecular complexity index is 965. The van der Waals surface area contributed by atoms with Crippen LogP contribution < -0.4 is 10.6 Å². The summed E-state index contributed by atoms with van der Waals surface area (Å²) in [6, 6.07) is 5.66. The van der Waals surface area contributed by atoms with Crippen LogP contribution in [0, 0.1) is 6.92 Å². The third kappa shape index (κ3) is 3.72. The largest absolute Gasteiger partial charge is 0.334 e. The van der Waals surface area contributed by atoms with Crippen LogP contribution in [0.25, 0.3) is 11.5 Å². The summed E-state index contributed by atoms with van der Waals surface area (Å²) in [6.45, 7) is 5.44. The fourth-order valence-corrected chi connectivity index (χ4v) is 3.00. The number of hydrogen-bond donors (Lipinski definition) is 3. The number of nitrogens with one attached hydrogen (secondary N) is 3. The lowest BCUT2D eigenvalue weighted by molar-refractivity contribution is 0.102. The molecular weight excluding hydrogens is 368 g/mol. The maximum atomic E-state index is 12.7. The van der Waals surface area contributed by atoms with Gasteiger partial charge in [0.1, 0.15) is 0 Å². The first-order valence-electron chi connectivity index (χ1n) is 8.67. The molecule has 27 heavy (non-hydrogen) atoms. The minimum atomic E-state index is -0.230. The summed E-state index contributed by atoms with van der Waals surface area (Å²) in [7, 11) is 0. The fraction of sp³-hybridized carbons (Fsp3) is 0.333. The predicted octanol–water partition coefficient (Wildman–Crippen LogP) is 2.65. The Morgan fingerprint density at radius 2 is 2.22 bits per heavy atom. The number of aryl methyl sites for hydroxylation is 2. The van der Waals surface area contributed by atoms with E-state index in [9.17, 15) is 4.79 Å². The van der Waals surface area contributed by atoms with Crippen molar-refractivity contribution in [3.8, 4) is 11.5 Å². The van der Waals surface area contributed by atoms with E-state index in [0.29, 0.717) is 36.1 Å². The Morgan fingerprint density at radius 1 is 1.37 bits per heavy atom. The molecule has 0 fully saturated rings. The maximum Gasteiger partial charge on any atom is 0.276 e. The Morgan fingerprint density at radius 3 is 3.00 bits per heavy atom. The summed E-state index contributed by atoms with van der Waals surface area (Å²) in [5, 5.41) is 17.3. The smallest absolute Gasteiger partial charge is 0.276 e. The molecule has 1 aromatic carbocycles. The van der Waals surface area contributed by atoms with E-state index in [-0.39, 0.29) is 18.3 Å². The normalized spacial score (nSPS) is 13.0. The van der Waals surface area contributed by atoms with E-state index in [4.69, 9.17) is 4.52 Å². The van der Waals surface area contributed by atoms with Gasteiger partial charge in [-0.3, -0.25) is 9.89 Å². The van der Waals surface area contributed by atoms with Crippen molar-refractivity contribution >= 4 is 24.0 Å². The molecule has 0 radical (unpaired) electrons. The molecule has 0 saturated carbocycles. The number of hydrogen-bond acceptors (Lipinski definition) is 6. The first-order valence-corrected chi connectivity index (χ1v) is 8.67. The molecule has 3 aromatic rings. The van der Waals surface area contributed by atoms with E-state index >= 15 is 0 Å². The average Bonchev–Trinajstić information content (AvgIpc) is 3.30. The highest BCUT2D eigenvalue weighted by Gasteiger charge is 2.22. The summed E-state index contributed by atoms with van der Waals surface area (Å²) in [6.07, 6.45) is 1.55. The predicted molar refractivity (Wildman–Crippen MR) is 103 cm³/mol. The number of rotatable bonds is 4. The summed E-state index contributed by atoms with van der Waals surface area (Å²) in [5.74, 6) is 0.867. The second-order valence-electron chi connectivity index (χ2n) is 6.31. The van der Waals surface area contributed by atoms with Gasteiger partial charge in [-0.2, -0.15) is 10.1 Å². The van der Waals surface area contributed by atoms with Crippen LogP contribution in [0.5, 0.6) is 0 Å². The van der Waals surface area contributed by atoms with Gasteiger partial charge in [0.15, 0.2) is 11.5 Å². The minimum Gasteiger partial charge on any atom is -0.334 e. The molecule has 1 aliphatic heterocycles. The van der Waals surface area contributed by atoms with E-state index in [1.807, 2.05) is 32.0 Å². The molecule has 1 aliphatic rings. The van der Waals surface area contributed by atoms with Crippen molar-refractivity contribution < 1.29 is 9.32 Å². The van der Waals surface area contributed by atoms with Crippen molar-refractivity contribution in [2.24, 2.45) is 0 Å². The molecule has 0 unspecified atom stereocenters. The van der Waals surface area contributed by atoms with E-state index in [2.05, 4.69) is 31.0 Å². The molecule has 9 heteroatoms. The standard InChI is InChI=1S/C18H20N6O2.ClH/c1-3-15-21-18(26-24-15)11-5-4-10(2)14(8-11)20-17(25)16-12-9-19-7-6-13(12)22-23-16;/h4-5,8,19H,3,6-7,9H2,1-2H3,(H,20,25)(H,22,23);1H. The topological polar surface area (TPSA) is 109 Å². The van der Waals surface area contributed by atoms with Crippen molar-refractivity contribution in [1.82, 2.24) is 25.7 Å². The van der Waals surface area contributed by atoms with Gasteiger partial charge in [0.2, 0.25) is 0 Å². The SMILES string of the molecule is CCc1noc(-c2ccc(C)c(NC(=O)c3n[nH]c4c3CNCC4)c2)n1.Cl. The Hall–Kier alpha value is -2.71. The molecule has 0 atom stereocenters. The summed E-state index contributed by atoms with van der Waals surface area (Å²) >= 11 is 0. The van der Waals surface area contributed by atoms with E-state index in [1.54, 1.807) is 0 Å². The molecule has 4 rings (SSSR count). The van der Waals surface area contributed by atoms with Gasteiger partial charge in [-0.05, 0) is 24.6 Å². The zero-order chi connectivity index (χ0) is 18.1. The fourth-order valence-electron chi connectivity index (χ4n) is 3.00. The highest BCUT2D eigenvalue weighted by molar-refractivity contribution is 6.04. The monoisotopic (exact) mass is 388 g/mol. The molecule has 1 amide bonds. The van der Waals surface area contributed by atoms with Crippen LogP contribution in [0.1, 0.15) is 40.1 Å². The molecular formula is C18H21ClN6O2. The van der Waals surface area contributed by atoms with Gasteiger partial charge in [0.25, 0.3) is 11.8 Å². The molecule has 3 heterocycles. The number of halogens is 1. The second kappa shape index (κ2) is 7.89. The number of amides is 1. The average molecular weight is 389 g/mol. The molecule has 8 nitrogen and oxygen atoms in total. The zero-order valence-electron chi connectivity index (χ0n) is 15.1. The van der Waals surface area contributed by atoms with Crippen LogP contribution in [0.3, 0.4) is 0 Å². The number of benzene rings is 1. The molecule has 0 saturated heterocycles. The Labute approximate surface area is 162 Å². The number of nitrogens with zero attached hydrogens (tertiary/aromatic N) is 3. The van der Waals surface area contributed by atoms with Crippen molar-refractivity contribution in [3.63, 3.8) is 0 Å². The first kappa shape index (κ1) is 19.1. The van der Waals surface area contributed by atoms with Gasteiger partial charge in [-0.1, -0.05) is 18.1 Å². The van der Waals surface area contributed by atoms with Crippen LogP contribution in [-0.2, 0) is 19.4 Å². The quantitative estimate of drug-likeness (QED) is 0.634. The zero-order valence-corrected chi connectivity index (χ0v) is 15.9. The van der Waals surface area contributed by atoms with Gasteiger partial charge in [-0.25, -0.2) is 0 Å². The number of aromatic amines is 1. The molecule has 2 aromatic heterocycles. The third-order valence-corrected chi connectivity index (χ3v) is 4.54. The third-order valence-electron chi connectivity index (χ3n) is 4.54. The van der Waals surface area contributed by atoms with Crippen LogP contribution in [0.2, 0.25) is 0 Å². The molecule has 0 spiro atoms. The lowest BCUT2D eigenvalue weighted by Crippen LogP contribution is -2.25. The van der Waals surface area contributed by atoms with E-state index in [1.165, 1.54) is 0 Å². The van der Waals surface area contributed by atoms with E-state index < -0.39 is 0 Å². The van der Waals surface area contributed by atoms with Gasteiger partial charge in [-0.15, -0.1) is 12.4 Å². The molecule has 0 aliphatic carbocycles. The lowest BCUT2D eigenvalue weighted by Gasteiger charge is -2.13. The summed E-state index contributed by atoms with van der Waals surface area (Å²) in [4.78, 5) is 17.1. The number of aromatic nitrogens is 4. The number of fused-ring (bicyclic) bond motifs is 1. The number of H-pyrrole nitrogens is 1. The van der Waals surface area contributed by atoms with Crippen molar-refractivity contribution in [2.45, 2.75) is 33.2 Å². The number of anilines is 1. The van der Waals surface area contributed by atoms with Gasteiger partial charge >= 0.3 is 0 Å². The second-order valence-corrected chi connectivity index (χ2v) is 6.31. The summed E-state index contributed by atoms with van der Waals surface area (Å²) in [5.41, 5.74) is 4.81. The Kier molecular flexibility index (Phi) is 5.57. The van der Waals surface area contributed by atoms with Crippen molar-refractivity contribution in [2.75, 3.05) is 11.9 Å². The molecule has 3 N–H and O–H groups in total. The maximum absolute atomic E-state index is 12.7. The van der Waals surface area contributed by atoms with Gasteiger partial charge in [0, 0.05) is 48.4 Å². The van der Waals surface area contributed by atoms with Crippen molar-refractivity contribution in [3.05, 3.63) is 46.5 Å². The molecule has 0 bridgehead atoms. The van der Waals surface area contributed by atoms with Crippen LogP contribution in [0.4, 0.5) is 5.69 Å². The van der Waals surface area contributed by atoms with Gasteiger partial charge in [0.05, 0.1) is 0 Å². The van der Waals surface area contributed by atoms with Gasteiger partial charge < -0.3 is 15.2 Å². The highest BCUT2D eigenvalue weighted by Crippen LogP contribution is 2.25. The summed E-state index contributed by atoms with van der Waals surface area (Å²) < 4.78 is 5.29. The van der Waals surface area contributed by atoms with Crippen LogP contribution in [-0.4, -0.2) is 32.8 Å². The van der Waals surface area contributed by atoms with Crippen LogP contribution >= 0.6 is 12.4 Å².